The molecule has 6 heteroatoms. The Morgan fingerprint density at radius 3 is 2.94 bits per heavy atom. The van der Waals surface area contributed by atoms with Crippen LogP contribution in [0.1, 0.15) is 21.7 Å². The van der Waals surface area contributed by atoms with Gasteiger partial charge in [0.2, 0.25) is 0 Å². The van der Waals surface area contributed by atoms with Crippen molar-refractivity contribution in [2.45, 2.75) is 13.5 Å². The Morgan fingerprint density at radius 2 is 2.28 bits per heavy atom. The van der Waals surface area contributed by atoms with E-state index in [1.807, 2.05) is 25.1 Å². The highest BCUT2D eigenvalue weighted by molar-refractivity contribution is 14.1. The average molecular weight is 356 g/mol. The van der Waals surface area contributed by atoms with Gasteiger partial charge in [0, 0.05) is 10.6 Å². The standard InChI is InChI=1S/C12H13IN4O/c1-8-4-3-5-9(11(8)13)12(18)17(2)6-10-14-7-15-16-10/h3-5,7H,6H2,1-2H3,(H,14,15,16). The normalized spacial score (nSPS) is 10.4. The number of halogens is 1. The second-order valence-corrected chi connectivity index (χ2v) is 5.11. The van der Waals surface area contributed by atoms with Crippen LogP contribution < -0.4 is 0 Å². The Labute approximate surface area is 119 Å². The minimum atomic E-state index is -0.0144. The third-order valence-electron chi connectivity index (χ3n) is 2.62. The predicted octanol–water partition coefficient (Wildman–Crippen LogP) is 1.99. The number of aromatic nitrogens is 3. The maximum atomic E-state index is 12.3. The number of nitrogens with one attached hydrogen (secondary N) is 1. The molecule has 0 unspecified atom stereocenters. The van der Waals surface area contributed by atoms with Gasteiger partial charge >= 0.3 is 0 Å². The first-order valence-electron chi connectivity index (χ1n) is 5.44. The molecule has 0 fully saturated rings. The Hall–Kier alpha value is -1.44. The molecule has 94 valence electrons. The lowest BCUT2D eigenvalue weighted by atomic mass is 10.1. The van der Waals surface area contributed by atoms with E-state index in [4.69, 9.17) is 0 Å². The van der Waals surface area contributed by atoms with Gasteiger partial charge in [-0.2, -0.15) is 5.10 Å². The molecule has 1 aromatic heterocycles. The molecular formula is C12H13IN4O. The zero-order valence-electron chi connectivity index (χ0n) is 10.1. The topological polar surface area (TPSA) is 61.9 Å². The molecule has 18 heavy (non-hydrogen) atoms. The SMILES string of the molecule is Cc1cccc(C(=O)N(C)Cc2ncn[nH]2)c1I. The molecule has 0 aliphatic rings. The van der Waals surface area contributed by atoms with Crippen LogP contribution in [0.2, 0.25) is 0 Å². The largest absolute Gasteiger partial charge is 0.334 e. The summed E-state index contributed by atoms with van der Waals surface area (Å²) in [7, 11) is 1.75. The molecule has 0 atom stereocenters. The number of hydrogen-bond donors (Lipinski definition) is 1. The second-order valence-electron chi connectivity index (χ2n) is 4.03. The summed E-state index contributed by atoms with van der Waals surface area (Å²) in [6.45, 7) is 2.41. The van der Waals surface area contributed by atoms with Crippen molar-refractivity contribution in [3.05, 3.63) is 45.0 Å². The van der Waals surface area contributed by atoms with E-state index in [1.165, 1.54) is 6.33 Å². The van der Waals surface area contributed by atoms with E-state index in [2.05, 4.69) is 37.8 Å². The maximum absolute atomic E-state index is 12.3. The first-order valence-corrected chi connectivity index (χ1v) is 6.52. The molecule has 1 aromatic carbocycles. The number of amides is 1. The fraction of sp³-hybridized carbons (Fsp3) is 0.250. The quantitative estimate of drug-likeness (QED) is 0.856. The molecule has 0 radical (unpaired) electrons. The van der Waals surface area contributed by atoms with Gasteiger partial charge in [-0.25, -0.2) is 4.98 Å². The molecule has 0 aliphatic heterocycles. The van der Waals surface area contributed by atoms with Crippen molar-refractivity contribution < 1.29 is 4.79 Å². The third-order valence-corrected chi connectivity index (χ3v) is 4.05. The van der Waals surface area contributed by atoms with Gasteiger partial charge in [0.25, 0.3) is 5.91 Å². The smallest absolute Gasteiger partial charge is 0.255 e. The predicted molar refractivity (Wildman–Crippen MR) is 76.1 cm³/mol. The van der Waals surface area contributed by atoms with Gasteiger partial charge in [0.05, 0.1) is 12.1 Å². The monoisotopic (exact) mass is 356 g/mol. The zero-order chi connectivity index (χ0) is 13.1. The number of carbonyl (C=O) groups excluding carboxylic acids is 1. The van der Waals surface area contributed by atoms with Crippen LogP contribution in [0.25, 0.3) is 0 Å². The van der Waals surface area contributed by atoms with Crippen LogP contribution in [0.5, 0.6) is 0 Å². The highest BCUT2D eigenvalue weighted by Crippen LogP contribution is 2.18. The zero-order valence-corrected chi connectivity index (χ0v) is 12.3. The molecule has 1 N–H and O–H groups in total. The lowest BCUT2D eigenvalue weighted by molar-refractivity contribution is 0.0780. The van der Waals surface area contributed by atoms with E-state index in [0.29, 0.717) is 12.4 Å². The first kappa shape index (κ1) is 13.0. The molecule has 0 bridgehead atoms. The molecule has 2 aromatic rings. The molecule has 2 rings (SSSR count). The van der Waals surface area contributed by atoms with Gasteiger partial charge in [-0.05, 0) is 41.1 Å². The number of aryl methyl sites for hydroxylation is 1. The molecule has 0 spiro atoms. The van der Waals surface area contributed by atoms with E-state index >= 15 is 0 Å². The molecule has 0 aliphatic carbocycles. The summed E-state index contributed by atoms with van der Waals surface area (Å²) >= 11 is 2.20. The van der Waals surface area contributed by atoms with Crippen molar-refractivity contribution in [3.8, 4) is 0 Å². The first-order chi connectivity index (χ1) is 8.59. The van der Waals surface area contributed by atoms with Gasteiger partial charge in [0.15, 0.2) is 0 Å². The van der Waals surface area contributed by atoms with Crippen molar-refractivity contribution in [1.82, 2.24) is 20.1 Å². The Balaban J connectivity index is 2.18. The van der Waals surface area contributed by atoms with E-state index in [1.54, 1.807) is 11.9 Å². The highest BCUT2D eigenvalue weighted by atomic mass is 127. The lowest BCUT2D eigenvalue weighted by Crippen LogP contribution is -2.27. The fourth-order valence-corrected chi connectivity index (χ4v) is 2.21. The van der Waals surface area contributed by atoms with Gasteiger partial charge in [-0.15, -0.1) is 0 Å². The van der Waals surface area contributed by atoms with E-state index < -0.39 is 0 Å². The summed E-state index contributed by atoms with van der Waals surface area (Å²) in [6.07, 6.45) is 1.43. The number of carbonyl (C=O) groups is 1. The Morgan fingerprint density at radius 1 is 1.50 bits per heavy atom. The van der Waals surface area contributed by atoms with Crippen LogP contribution in [0.15, 0.2) is 24.5 Å². The van der Waals surface area contributed by atoms with Crippen molar-refractivity contribution in [3.63, 3.8) is 0 Å². The Bertz CT molecular complexity index is 553. The van der Waals surface area contributed by atoms with Gasteiger partial charge in [-0.1, -0.05) is 12.1 Å². The van der Waals surface area contributed by atoms with Crippen LogP contribution in [-0.4, -0.2) is 33.0 Å². The second kappa shape index (κ2) is 5.47. The fourth-order valence-electron chi connectivity index (χ4n) is 1.62. The third kappa shape index (κ3) is 2.69. The van der Waals surface area contributed by atoms with Crippen molar-refractivity contribution in [2.24, 2.45) is 0 Å². The van der Waals surface area contributed by atoms with E-state index in [9.17, 15) is 4.79 Å². The van der Waals surface area contributed by atoms with Crippen LogP contribution in [0.4, 0.5) is 0 Å². The van der Waals surface area contributed by atoms with E-state index in [0.717, 1.165) is 14.7 Å². The van der Waals surface area contributed by atoms with Crippen LogP contribution in [0.3, 0.4) is 0 Å². The van der Waals surface area contributed by atoms with Crippen LogP contribution in [-0.2, 0) is 6.54 Å². The number of aromatic amines is 1. The van der Waals surface area contributed by atoms with E-state index in [-0.39, 0.29) is 5.91 Å². The number of rotatable bonds is 3. The molecule has 5 nitrogen and oxygen atoms in total. The molecular weight excluding hydrogens is 343 g/mol. The number of hydrogen-bond acceptors (Lipinski definition) is 3. The van der Waals surface area contributed by atoms with Gasteiger partial charge in [0.1, 0.15) is 12.2 Å². The van der Waals surface area contributed by atoms with Crippen molar-refractivity contribution in [2.75, 3.05) is 7.05 Å². The van der Waals surface area contributed by atoms with Crippen molar-refractivity contribution in [1.29, 1.82) is 0 Å². The molecule has 0 saturated heterocycles. The number of H-pyrrole nitrogens is 1. The van der Waals surface area contributed by atoms with Crippen LogP contribution >= 0.6 is 22.6 Å². The van der Waals surface area contributed by atoms with Gasteiger partial charge in [-0.3, -0.25) is 9.89 Å². The summed E-state index contributed by atoms with van der Waals surface area (Å²) in [4.78, 5) is 17.9. The highest BCUT2D eigenvalue weighted by Gasteiger charge is 2.16. The molecule has 1 heterocycles. The van der Waals surface area contributed by atoms with Crippen molar-refractivity contribution >= 4 is 28.5 Å². The Kier molecular flexibility index (Phi) is 3.95. The maximum Gasteiger partial charge on any atom is 0.255 e. The minimum absolute atomic E-state index is 0.0144. The number of benzene rings is 1. The average Bonchev–Trinajstić information content (AvgIpc) is 2.84. The molecule has 1 amide bonds. The summed E-state index contributed by atoms with van der Waals surface area (Å²) in [6, 6.07) is 5.73. The van der Waals surface area contributed by atoms with Crippen LogP contribution in [0, 0.1) is 10.5 Å². The minimum Gasteiger partial charge on any atom is -0.334 e. The summed E-state index contributed by atoms with van der Waals surface area (Å²) in [5, 5.41) is 6.51. The number of nitrogens with zero attached hydrogens (tertiary/aromatic N) is 3. The summed E-state index contributed by atoms with van der Waals surface area (Å²) < 4.78 is 0.990. The van der Waals surface area contributed by atoms with Gasteiger partial charge < -0.3 is 4.90 Å². The summed E-state index contributed by atoms with van der Waals surface area (Å²) in [5.41, 5.74) is 1.83. The lowest BCUT2D eigenvalue weighted by Gasteiger charge is -2.17. The summed E-state index contributed by atoms with van der Waals surface area (Å²) in [5.74, 6) is 0.660. The molecule has 0 saturated carbocycles.